The van der Waals surface area contributed by atoms with Crippen molar-refractivity contribution in [2.75, 3.05) is 13.1 Å². The van der Waals surface area contributed by atoms with Gasteiger partial charge in [0.2, 0.25) is 0 Å². The van der Waals surface area contributed by atoms with E-state index in [0.717, 1.165) is 13.1 Å². The Kier molecular flexibility index (Phi) is 9.61. The third-order valence-corrected chi connectivity index (χ3v) is 2.86. The van der Waals surface area contributed by atoms with Crippen LogP contribution in [0.1, 0.15) is 13.8 Å². The van der Waals surface area contributed by atoms with Crippen LogP contribution in [0.15, 0.2) is 0 Å². The van der Waals surface area contributed by atoms with Crippen molar-refractivity contribution in [1.82, 2.24) is 10.6 Å². The molecule has 92 valence electrons. The van der Waals surface area contributed by atoms with E-state index in [-0.39, 0.29) is 36.6 Å². The molecule has 2 N–H and O–H groups in total. The molecule has 4 nitrogen and oxygen atoms in total. The van der Waals surface area contributed by atoms with Crippen LogP contribution in [0, 0.1) is 34.5 Å². The molecule has 2 rings (SSSR count). The molecule has 0 spiro atoms. The summed E-state index contributed by atoms with van der Waals surface area (Å²) in [5.74, 6) is 0.556. The van der Waals surface area contributed by atoms with Gasteiger partial charge in [-0.1, -0.05) is 0 Å². The Labute approximate surface area is 109 Å². The molecule has 0 aromatic rings. The van der Waals surface area contributed by atoms with Crippen LogP contribution in [0.5, 0.6) is 0 Å². The lowest BCUT2D eigenvalue weighted by atomic mass is 9.95. The Hall–Kier alpha value is -0.520. The van der Waals surface area contributed by atoms with Gasteiger partial charge in [-0.25, -0.2) is 0 Å². The van der Waals surface area contributed by atoms with E-state index in [1.54, 1.807) is 0 Å². The van der Waals surface area contributed by atoms with Gasteiger partial charge in [0.1, 0.15) is 0 Å². The number of nitriles is 2. The van der Waals surface area contributed by atoms with Gasteiger partial charge in [0.05, 0.1) is 24.0 Å². The van der Waals surface area contributed by atoms with Crippen molar-refractivity contribution >= 4 is 24.8 Å². The highest BCUT2D eigenvalue weighted by molar-refractivity contribution is 5.85. The van der Waals surface area contributed by atoms with E-state index >= 15 is 0 Å². The van der Waals surface area contributed by atoms with Crippen molar-refractivity contribution in [3.8, 4) is 12.1 Å². The van der Waals surface area contributed by atoms with Gasteiger partial charge >= 0.3 is 0 Å². The molecule has 0 bridgehead atoms. The van der Waals surface area contributed by atoms with Crippen molar-refractivity contribution in [2.45, 2.75) is 25.9 Å². The van der Waals surface area contributed by atoms with E-state index < -0.39 is 0 Å². The fraction of sp³-hybridized carbons (Fsp3) is 0.800. The molecular formula is C10H18Cl2N4. The zero-order chi connectivity index (χ0) is 10.6. The summed E-state index contributed by atoms with van der Waals surface area (Å²) in [6.07, 6.45) is 0. The molecule has 6 heteroatoms. The van der Waals surface area contributed by atoms with Gasteiger partial charge in [-0.3, -0.25) is 0 Å². The van der Waals surface area contributed by atoms with Crippen LogP contribution in [-0.2, 0) is 0 Å². The molecular weight excluding hydrogens is 247 g/mol. The zero-order valence-electron chi connectivity index (χ0n) is 9.43. The first-order valence-electron chi connectivity index (χ1n) is 4.95. The molecule has 2 saturated heterocycles. The second-order valence-corrected chi connectivity index (χ2v) is 3.87. The average Bonchev–Trinajstić information content (AvgIpc) is 2.16. The lowest BCUT2D eigenvalue weighted by Gasteiger charge is -2.29. The Morgan fingerprint density at radius 3 is 1.19 bits per heavy atom. The maximum atomic E-state index is 8.27. The van der Waals surface area contributed by atoms with Crippen molar-refractivity contribution in [3.63, 3.8) is 0 Å². The number of nitrogens with one attached hydrogen (secondary N) is 2. The fourth-order valence-electron chi connectivity index (χ4n) is 1.26. The van der Waals surface area contributed by atoms with Crippen molar-refractivity contribution in [2.24, 2.45) is 11.8 Å². The molecule has 0 aromatic heterocycles. The monoisotopic (exact) mass is 264 g/mol. The van der Waals surface area contributed by atoms with Gasteiger partial charge in [0, 0.05) is 25.2 Å². The van der Waals surface area contributed by atoms with E-state index in [1.807, 2.05) is 13.8 Å². The van der Waals surface area contributed by atoms with Crippen LogP contribution in [-0.4, -0.2) is 25.2 Å². The highest BCUT2D eigenvalue weighted by atomic mass is 35.5. The quantitative estimate of drug-likeness (QED) is 0.687. The summed E-state index contributed by atoms with van der Waals surface area (Å²) in [5, 5.41) is 22.7. The topological polar surface area (TPSA) is 71.6 Å². The predicted molar refractivity (Wildman–Crippen MR) is 67.6 cm³/mol. The van der Waals surface area contributed by atoms with Crippen LogP contribution in [0.3, 0.4) is 0 Å². The van der Waals surface area contributed by atoms with Gasteiger partial charge in [-0.2, -0.15) is 10.5 Å². The number of rotatable bonds is 0. The molecule has 2 fully saturated rings. The van der Waals surface area contributed by atoms with Gasteiger partial charge in [-0.05, 0) is 13.8 Å². The summed E-state index contributed by atoms with van der Waals surface area (Å²) < 4.78 is 0. The highest BCUT2D eigenvalue weighted by Crippen LogP contribution is 2.09. The molecule has 0 aliphatic carbocycles. The van der Waals surface area contributed by atoms with Crippen molar-refractivity contribution in [3.05, 3.63) is 0 Å². The molecule has 2 aliphatic heterocycles. The molecule has 16 heavy (non-hydrogen) atoms. The first-order valence-corrected chi connectivity index (χ1v) is 4.95. The third-order valence-electron chi connectivity index (χ3n) is 2.86. The fourth-order valence-corrected chi connectivity index (χ4v) is 1.26. The van der Waals surface area contributed by atoms with Crippen molar-refractivity contribution < 1.29 is 0 Å². The van der Waals surface area contributed by atoms with Gasteiger partial charge in [0.15, 0.2) is 0 Å². The zero-order valence-corrected chi connectivity index (χ0v) is 11.1. The number of hydrogen-bond acceptors (Lipinski definition) is 4. The Balaban J connectivity index is 0. The molecule has 0 amide bonds. The van der Waals surface area contributed by atoms with Gasteiger partial charge < -0.3 is 10.6 Å². The summed E-state index contributed by atoms with van der Waals surface area (Å²) in [7, 11) is 0. The van der Waals surface area contributed by atoms with Crippen LogP contribution in [0.2, 0.25) is 0 Å². The van der Waals surface area contributed by atoms with E-state index in [4.69, 9.17) is 10.5 Å². The summed E-state index contributed by atoms with van der Waals surface area (Å²) >= 11 is 0. The van der Waals surface area contributed by atoms with Crippen LogP contribution in [0.25, 0.3) is 0 Å². The average molecular weight is 265 g/mol. The Morgan fingerprint density at radius 2 is 1.19 bits per heavy atom. The molecule has 0 radical (unpaired) electrons. The summed E-state index contributed by atoms with van der Waals surface area (Å²) in [4.78, 5) is 0. The highest BCUT2D eigenvalue weighted by Gasteiger charge is 2.25. The smallest absolute Gasteiger partial charge is 0.0738 e. The van der Waals surface area contributed by atoms with Crippen LogP contribution >= 0.6 is 24.8 Å². The molecule has 0 unspecified atom stereocenters. The number of halogens is 2. The predicted octanol–water partition coefficient (Wildman–Crippen LogP) is 1.08. The molecule has 0 aromatic carbocycles. The van der Waals surface area contributed by atoms with Crippen LogP contribution in [0.4, 0.5) is 0 Å². The first kappa shape index (κ1) is 17.9. The maximum absolute atomic E-state index is 8.27. The lowest BCUT2D eigenvalue weighted by molar-refractivity contribution is 0.315. The lowest BCUT2D eigenvalue weighted by Crippen LogP contribution is -2.49. The van der Waals surface area contributed by atoms with Gasteiger partial charge in [-0.15, -0.1) is 24.8 Å². The SMILES string of the molecule is C[C@@H]1NC[C@@H]1C#N.C[C@H]1NC[C@H]1C#N.Cl.Cl. The second kappa shape index (κ2) is 8.61. The molecule has 4 atom stereocenters. The molecule has 2 heterocycles. The minimum absolute atomic E-state index is 0. The summed E-state index contributed by atoms with van der Waals surface area (Å²) in [6.45, 7) is 5.82. The summed E-state index contributed by atoms with van der Waals surface area (Å²) in [5.41, 5.74) is 0. The standard InChI is InChI=1S/2C5H8N2.2ClH/c2*1-4-5(2-6)3-7-4;;/h2*4-5,7H,3H2,1H3;2*1H/t2*4-,5-;;/m10../s1. The maximum Gasteiger partial charge on any atom is 0.0738 e. The van der Waals surface area contributed by atoms with E-state index in [1.165, 1.54) is 0 Å². The van der Waals surface area contributed by atoms with E-state index in [2.05, 4.69) is 22.8 Å². The molecule has 0 saturated carbocycles. The normalized spacial score (nSPS) is 34.0. The Bertz CT molecular complexity index is 243. The largest absolute Gasteiger partial charge is 0.312 e. The van der Waals surface area contributed by atoms with E-state index in [0.29, 0.717) is 12.1 Å². The Morgan fingerprint density at radius 1 is 0.875 bits per heavy atom. The van der Waals surface area contributed by atoms with Crippen LogP contribution < -0.4 is 10.6 Å². The second-order valence-electron chi connectivity index (χ2n) is 3.87. The minimum atomic E-state index is 0. The number of nitrogens with zero attached hydrogens (tertiary/aromatic N) is 2. The summed E-state index contributed by atoms with van der Waals surface area (Å²) in [6, 6.07) is 5.25. The van der Waals surface area contributed by atoms with Gasteiger partial charge in [0.25, 0.3) is 0 Å². The minimum Gasteiger partial charge on any atom is -0.312 e. The van der Waals surface area contributed by atoms with E-state index in [9.17, 15) is 0 Å². The first-order chi connectivity index (χ1) is 6.69. The third kappa shape index (κ3) is 4.55. The number of hydrogen-bond donors (Lipinski definition) is 2. The van der Waals surface area contributed by atoms with Crippen molar-refractivity contribution in [1.29, 1.82) is 10.5 Å². The molecule has 2 aliphatic rings.